The molecule has 1 heterocycles. The Labute approximate surface area is 197 Å². The molecule has 0 unspecified atom stereocenters. The summed E-state index contributed by atoms with van der Waals surface area (Å²) in [6.07, 6.45) is 1.01. The first-order valence-corrected chi connectivity index (χ1v) is 12.0. The van der Waals surface area contributed by atoms with Gasteiger partial charge < -0.3 is 14.6 Å². The van der Waals surface area contributed by atoms with Crippen molar-refractivity contribution in [3.8, 4) is 0 Å². The average Bonchev–Trinajstić information content (AvgIpc) is 2.87. The Hall–Kier alpha value is -2.50. The number of hydrogen-bond acceptors (Lipinski definition) is 4. The van der Waals surface area contributed by atoms with Crippen molar-refractivity contribution in [1.82, 2.24) is 4.90 Å². The third-order valence-electron chi connectivity index (χ3n) is 6.57. The number of hydrogen-bond donors (Lipinski definition) is 1. The van der Waals surface area contributed by atoms with Crippen LogP contribution >= 0.6 is 0 Å². The monoisotopic (exact) mass is 445 g/mol. The molecule has 0 saturated carbocycles. The molecule has 0 amide bonds. The maximum Gasteiger partial charge on any atom is 0.0969 e. The molecule has 0 spiro atoms. The van der Waals surface area contributed by atoms with Gasteiger partial charge in [0.05, 0.1) is 32.0 Å². The molecule has 1 aliphatic rings. The third-order valence-corrected chi connectivity index (χ3v) is 6.57. The molecule has 1 N–H and O–H groups in total. The highest BCUT2D eigenvalue weighted by Crippen LogP contribution is 2.31. The standard InChI is InChI=1S/C29H35NO3/c1-23(26-15-9-4-10-16-26)30-18-17-27(31)19-28(30)29(33-21-25-13-7-3-8-14-25)22-32-20-24-11-5-2-6-12-24/h2-16,23,27-29,31H,17-22H2,1H3/t23-,27-,28+,29+/m1/s1. The minimum absolute atomic E-state index is 0.0726. The molecule has 33 heavy (non-hydrogen) atoms. The van der Waals surface area contributed by atoms with E-state index < -0.39 is 0 Å². The lowest BCUT2D eigenvalue weighted by molar-refractivity contribution is -0.104. The van der Waals surface area contributed by atoms with Gasteiger partial charge in [-0.3, -0.25) is 4.90 Å². The van der Waals surface area contributed by atoms with Crippen molar-refractivity contribution in [2.24, 2.45) is 0 Å². The van der Waals surface area contributed by atoms with Crippen LogP contribution < -0.4 is 0 Å². The quantitative estimate of drug-likeness (QED) is 0.455. The zero-order valence-electron chi connectivity index (χ0n) is 19.4. The summed E-state index contributed by atoms with van der Waals surface area (Å²) >= 11 is 0. The molecule has 1 fully saturated rings. The average molecular weight is 446 g/mol. The van der Waals surface area contributed by atoms with Crippen molar-refractivity contribution in [1.29, 1.82) is 0 Å². The largest absolute Gasteiger partial charge is 0.393 e. The molecule has 4 nitrogen and oxygen atoms in total. The first kappa shape index (κ1) is 23.7. The predicted molar refractivity (Wildman–Crippen MR) is 132 cm³/mol. The molecule has 0 aliphatic carbocycles. The number of rotatable bonds is 10. The minimum atomic E-state index is -0.314. The molecule has 0 radical (unpaired) electrons. The van der Waals surface area contributed by atoms with Crippen LogP contribution in [0, 0.1) is 0 Å². The summed E-state index contributed by atoms with van der Waals surface area (Å²) in [5, 5.41) is 10.6. The molecule has 4 atom stereocenters. The Balaban J connectivity index is 1.50. The lowest BCUT2D eigenvalue weighted by Gasteiger charge is -2.45. The van der Waals surface area contributed by atoms with Crippen molar-refractivity contribution in [2.75, 3.05) is 13.2 Å². The molecule has 1 aliphatic heterocycles. The van der Waals surface area contributed by atoms with Gasteiger partial charge in [-0.05, 0) is 36.5 Å². The second-order valence-corrected chi connectivity index (χ2v) is 8.91. The molecule has 3 aromatic rings. The topological polar surface area (TPSA) is 41.9 Å². The normalized spacial score (nSPS) is 20.9. The first-order valence-electron chi connectivity index (χ1n) is 12.0. The van der Waals surface area contributed by atoms with E-state index in [0.29, 0.717) is 26.2 Å². The van der Waals surface area contributed by atoms with Gasteiger partial charge in [0.2, 0.25) is 0 Å². The van der Waals surface area contributed by atoms with Gasteiger partial charge >= 0.3 is 0 Å². The van der Waals surface area contributed by atoms with Crippen LogP contribution in [0.15, 0.2) is 91.0 Å². The van der Waals surface area contributed by atoms with Crippen molar-refractivity contribution in [3.63, 3.8) is 0 Å². The molecule has 4 rings (SSSR count). The molecule has 3 aromatic carbocycles. The van der Waals surface area contributed by atoms with Crippen LogP contribution in [0.2, 0.25) is 0 Å². The Kier molecular flexibility index (Phi) is 8.67. The van der Waals surface area contributed by atoms with Crippen LogP contribution in [0.5, 0.6) is 0 Å². The van der Waals surface area contributed by atoms with E-state index in [4.69, 9.17) is 9.47 Å². The van der Waals surface area contributed by atoms with Crippen LogP contribution in [0.4, 0.5) is 0 Å². The van der Waals surface area contributed by atoms with E-state index in [-0.39, 0.29) is 24.3 Å². The minimum Gasteiger partial charge on any atom is -0.393 e. The molecular formula is C29H35NO3. The van der Waals surface area contributed by atoms with Gasteiger partial charge in [-0.2, -0.15) is 0 Å². The first-order chi connectivity index (χ1) is 16.2. The second kappa shape index (κ2) is 12.1. The fourth-order valence-corrected chi connectivity index (χ4v) is 4.68. The highest BCUT2D eigenvalue weighted by molar-refractivity contribution is 5.19. The number of nitrogens with zero attached hydrogens (tertiary/aromatic N) is 1. The summed E-state index contributed by atoms with van der Waals surface area (Å²) in [5.74, 6) is 0. The van der Waals surface area contributed by atoms with Gasteiger partial charge in [0.15, 0.2) is 0 Å². The van der Waals surface area contributed by atoms with Crippen LogP contribution in [-0.2, 0) is 22.7 Å². The van der Waals surface area contributed by atoms with E-state index in [1.54, 1.807) is 0 Å². The van der Waals surface area contributed by atoms with Gasteiger partial charge in [0.25, 0.3) is 0 Å². The van der Waals surface area contributed by atoms with Gasteiger partial charge in [0.1, 0.15) is 0 Å². The maximum absolute atomic E-state index is 10.6. The lowest BCUT2D eigenvalue weighted by Crippen LogP contribution is -2.53. The molecule has 1 saturated heterocycles. The summed E-state index contributed by atoms with van der Waals surface area (Å²) in [7, 11) is 0. The summed E-state index contributed by atoms with van der Waals surface area (Å²) in [5.41, 5.74) is 3.58. The second-order valence-electron chi connectivity index (χ2n) is 8.91. The van der Waals surface area contributed by atoms with Crippen molar-refractivity contribution < 1.29 is 14.6 Å². The molecule has 174 valence electrons. The van der Waals surface area contributed by atoms with Gasteiger partial charge in [0, 0.05) is 18.6 Å². The summed E-state index contributed by atoms with van der Waals surface area (Å²) < 4.78 is 12.7. The van der Waals surface area contributed by atoms with E-state index >= 15 is 0 Å². The highest BCUT2D eigenvalue weighted by Gasteiger charge is 2.37. The zero-order valence-corrected chi connectivity index (χ0v) is 19.4. The van der Waals surface area contributed by atoms with Crippen LogP contribution in [0.25, 0.3) is 0 Å². The number of benzene rings is 3. The number of piperidine rings is 1. The smallest absolute Gasteiger partial charge is 0.0969 e. The molecule has 0 bridgehead atoms. The lowest BCUT2D eigenvalue weighted by atomic mass is 9.92. The van der Waals surface area contributed by atoms with E-state index in [2.05, 4.69) is 66.4 Å². The molecular weight excluding hydrogens is 410 g/mol. The predicted octanol–water partition coefficient (Wildman–Crippen LogP) is 5.38. The van der Waals surface area contributed by atoms with Crippen molar-refractivity contribution in [2.45, 2.75) is 57.3 Å². The molecule has 4 heteroatoms. The summed E-state index contributed by atoms with van der Waals surface area (Å²) in [6.45, 7) is 4.65. The van der Waals surface area contributed by atoms with Crippen LogP contribution in [0.3, 0.4) is 0 Å². The fraction of sp³-hybridized carbons (Fsp3) is 0.379. The van der Waals surface area contributed by atoms with Gasteiger partial charge in [-0.1, -0.05) is 91.0 Å². The Morgan fingerprint density at radius 3 is 2.06 bits per heavy atom. The van der Waals surface area contributed by atoms with Crippen LogP contribution in [-0.4, -0.2) is 41.4 Å². The molecule has 0 aromatic heterocycles. The van der Waals surface area contributed by atoms with Crippen molar-refractivity contribution in [3.05, 3.63) is 108 Å². The zero-order chi connectivity index (χ0) is 22.9. The van der Waals surface area contributed by atoms with E-state index in [0.717, 1.165) is 24.1 Å². The van der Waals surface area contributed by atoms with Gasteiger partial charge in [-0.25, -0.2) is 0 Å². The van der Waals surface area contributed by atoms with E-state index in [9.17, 15) is 5.11 Å². The fourth-order valence-electron chi connectivity index (χ4n) is 4.68. The van der Waals surface area contributed by atoms with Crippen molar-refractivity contribution >= 4 is 0 Å². The SMILES string of the molecule is C[C@H](c1ccccc1)N1CC[C@@H](O)C[C@H]1[C@H](COCc1ccccc1)OCc1ccccc1. The van der Waals surface area contributed by atoms with Crippen LogP contribution in [0.1, 0.15) is 42.5 Å². The number of likely N-dealkylation sites (tertiary alicyclic amines) is 1. The Morgan fingerprint density at radius 2 is 1.42 bits per heavy atom. The number of aliphatic hydroxyl groups excluding tert-OH is 1. The van der Waals surface area contributed by atoms with E-state index in [1.165, 1.54) is 5.56 Å². The third kappa shape index (κ3) is 6.75. The summed E-state index contributed by atoms with van der Waals surface area (Å²) in [6, 6.07) is 31.4. The Bertz CT molecular complexity index is 935. The number of ether oxygens (including phenoxy) is 2. The summed E-state index contributed by atoms with van der Waals surface area (Å²) in [4.78, 5) is 2.49. The number of aliphatic hydroxyl groups is 1. The highest BCUT2D eigenvalue weighted by atomic mass is 16.5. The Morgan fingerprint density at radius 1 is 0.848 bits per heavy atom. The maximum atomic E-state index is 10.6. The van der Waals surface area contributed by atoms with Gasteiger partial charge in [-0.15, -0.1) is 0 Å². The van der Waals surface area contributed by atoms with E-state index in [1.807, 2.05) is 36.4 Å².